The summed E-state index contributed by atoms with van der Waals surface area (Å²) in [5, 5.41) is 9.97. The third-order valence-corrected chi connectivity index (χ3v) is 3.47. The van der Waals surface area contributed by atoms with E-state index in [9.17, 15) is 14.7 Å². The standard InChI is InChI=1S/C12H16N2O6/c1-2-18-11(17)9(14-13)10(16)7-5-12(6-8(7)15)19-3-4-20-12/h7-8,15H,2-6H2,1H3/t7-,8+/m0/s1. The van der Waals surface area contributed by atoms with Gasteiger partial charge in [-0.1, -0.05) is 0 Å². The largest absolute Gasteiger partial charge is 0.457 e. The van der Waals surface area contributed by atoms with E-state index in [1.165, 1.54) is 0 Å². The third-order valence-electron chi connectivity index (χ3n) is 3.47. The molecule has 2 aliphatic rings. The van der Waals surface area contributed by atoms with Crippen molar-refractivity contribution in [2.24, 2.45) is 5.92 Å². The van der Waals surface area contributed by atoms with Crippen LogP contribution in [0.2, 0.25) is 0 Å². The Morgan fingerprint density at radius 1 is 1.40 bits per heavy atom. The van der Waals surface area contributed by atoms with Gasteiger partial charge in [0.05, 0.1) is 31.8 Å². The van der Waals surface area contributed by atoms with E-state index in [-0.39, 0.29) is 19.4 Å². The summed E-state index contributed by atoms with van der Waals surface area (Å²) in [5.41, 5.74) is 8.10. The first kappa shape index (κ1) is 14.8. The van der Waals surface area contributed by atoms with E-state index in [1.54, 1.807) is 6.92 Å². The highest BCUT2D eigenvalue weighted by atomic mass is 16.7. The molecule has 1 saturated carbocycles. The summed E-state index contributed by atoms with van der Waals surface area (Å²) < 4.78 is 15.5. The Labute approximate surface area is 115 Å². The van der Waals surface area contributed by atoms with Gasteiger partial charge in [-0.2, -0.15) is 4.79 Å². The fourth-order valence-corrected chi connectivity index (χ4v) is 2.58. The number of carbonyl (C=O) groups excluding carboxylic acids is 2. The van der Waals surface area contributed by atoms with Crippen LogP contribution in [0.3, 0.4) is 0 Å². The zero-order valence-electron chi connectivity index (χ0n) is 11.1. The average Bonchev–Trinajstić information content (AvgIpc) is 2.98. The number of hydrogen-bond acceptors (Lipinski definition) is 6. The summed E-state index contributed by atoms with van der Waals surface area (Å²) in [4.78, 5) is 26.4. The second-order valence-electron chi connectivity index (χ2n) is 4.72. The van der Waals surface area contributed by atoms with Crippen molar-refractivity contribution in [3.05, 3.63) is 5.53 Å². The maximum absolute atomic E-state index is 12.2. The van der Waals surface area contributed by atoms with Crippen LogP contribution < -0.4 is 0 Å². The predicted molar refractivity (Wildman–Crippen MR) is 63.6 cm³/mol. The lowest BCUT2D eigenvalue weighted by atomic mass is 9.96. The molecule has 8 nitrogen and oxygen atoms in total. The molecule has 0 aromatic carbocycles. The smallest absolute Gasteiger partial charge is 0.441 e. The van der Waals surface area contributed by atoms with Crippen molar-refractivity contribution >= 4 is 17.5 Å². The Kier molecular flexibility index (Phi) is 4.29. The summed E-state index contributed by atoms with van der Waals surface area (Å²) in [6.45, 7) is 2.41. The molecular formula is C12H16N2O6. The van der Waals surface area contributed by atoms with E-state index in [1.807, 2.05) is 0 Å². The first-order valence-electron chi connectivity index (χ1n) is 6.42. The average molecular weight is 284 g/mol. The third kappa shape index (κ3) is 2.64. The molecule has 0 bridgehead atoms. The van der Waals surface area contributed by atoms with Gasteiger partial charge >= 0.3 is 11.7 Å². The minimum atomic E-state index is -1.02. The summed E-state index contributed by atoms with van der Waals surface area (Å²) in [6, 6.07) is 0. The number of ketones is 1. The summed E-state index contributed by atoms with van der Waals surface area (Å²) >= 11 is 0. The zero-order chi connectivity index (χ0) is 14.8. The number of aliphatic hydroxyl groups excluding tert-OH is 1. The quantitative estimate of drug-likeness (QED) is 0.240. The van der Waals surface area contributed by atoms with Gasteiger partial charge in [0.1, 0.15) is 0 Å². The lowest BCUT2D eigenvalue weighted by Crippen LogP contribution is -2.36. The van der Waals surface area contributed by atoms with Gasteiger partial charge < -0.3 is 24.8 Å². The molecule has 2 atom stereocenters. The molecule has 1 aliphatic carbocycles. The number of Topliss-reactive ketones (excluding diaryl/α,β-unsaturated/α-hetero) is 1. The van der Waals surface area contributed by atoms with Gasteiger partial charge in [-0.05, 0) is 6.92 Å². The second-order valence-corrected chi connectivity index (χ2v) is 4.72. The van der Waals surface area contributed by atoms with Crippen molar-refractivity contribution < 1.29 is 33.7 Å². The molecule has 1 N–H and O–H groups in total. The number of rotatable bonds is 4. The molecule has 2 rings (SSSR count). The highest BCUT2D eigenvalue weighted by Crippen LogP contribution is 2.41. The number of carbonyl (C=O) groups is 2. The van der Waals surface area contributed by atoms with Gasteiger partial charge in [0.15, 0.2) is 5.79 Å². The van der Waals surface area contributed by atoms with Crippen molar-refractivity contribution in [3.8, 4) is 0 Å². The summed E-state index contributed by atoms with van der Waals surface area (Å²) in [7, 11) is 0. The first-order chi connectivity index (χ1) is 9.53. The Morgan fingerprint density at radius 3 is 2.60 bits per heavy atom. The van der Waals surface area contributed by atoms with Crippen LogP contribution in [0.5, 0.6) is 0 Å². The number of esters is 1. The van der Waals surface area contributed by atoms with Gasteiger partial charge in [-0.25, -0.2) is 4.79 Å². The van der Waals surface area contributed by atoms with Gasteiger partial charge in [0.25, 0.3) is 5.78 Å². The molecule has 110 valence electrons. The van der Waals surface area contributed by atoms with Crippen LogP contribution in [-0.4, -0.2) is 59.1 Å². The molecule has 8 heteroatoms. The van der Waals surface area contributed by atoms with Crippen LogP contribution in [0.1, 0.15) is 19.8 Å². The van der Waals surface area contributed by atoms with Crippen molar-refractivity contribution in [2.45, 2.75) is 31.7 Å². The van der Waals surface area contributed by atoms with E-state index in [4.69, 9.17) is 15.0 Å². The number of ether oxygens (including phenoxy) is 3. The van der Waals surface area contributed by atoms with E-state index in [0.29, 0.717) is 13.2 Å². The molecule has 1 aliphatic heterocycles. The van der Waals surface area contributed by atoms with Crippen molar-refractivity contribution in [1.29, 1.82) is 0 Å². The maximum Gasteiger partial charge on any atom is 0.441 e. The van der Waals surface area contributed by atoms with Crippen molar-refractivity contribution in [3.63, 3.8) is 0 Å². The highest BCUT2D eigenvalue weighted by Gasteiger charge is 2.54. The number of nitrogens with zero attached hydrogens (tertiary/aromatic N) is 2. The molecule has 0 unspecified atom stereocenters. The molecule has 1 spiro atoms. The van der Waals surface area contributed by atoms with Gasteiger partial charge in [-0.15, -0.1) is 0 Å². The monoisotopic (exact) mass is 284 g/mol. The zero-order valence-corrected chi connectivity index (χ0v) is 11.1. The highest BCUT2D eigenvalue weighted by molar-refractivity contribution is 6.62. The molecule has 0 aromatic rings. The SMILES string of the molecule is CCOC(=O)C(=[N+]=[N-])C(=O)[C@H]1CC2(C[C@H]1O)OCCO2. The molecule has 0 aromatic heterocycles. The summed E-state index contributed by atoms with van der Waals surface area (Å²) in [5.74, 6) is -3.67. The Hall–Kier alpha value is -1.60. The molecule has 0 amide bonds. The topological polar surface area (TPSA) is 118 Å². The first-order valence-corrected chi connectivity index (χ1v) is 6.42. The fraction of sp³-hybridized carbons (Fsp3) is 0.750. The van der Waals surface area contributed by atoms with E-state index in [2.05, 4.69) is 9.53 Å². The molecule has 2 fully saturated rings. The molecule has 1 saturated heterocycles. The lowest BCUT2D eigenvalue weighted by molar-refractivity contribution is -0.157. The Balaban J connectivity index is 2.12. The van der Waals surface area contributed by atoms with E-state index >= 15 is 0 Å². The molecular weight excluding hydrogens is 268 g/mol. The van der Waals surface area contributed by atoms with Gasteiger partial charge in [-0.3, -0.25) is 4.79 Å². The van der Waals surface area contributed by atoms with Crippen LogP contribution in [0.15, 0.2) is 0 Å². The lowest BCUT2D eigenvalue weighted by Gasteiger charge is -2.20. The van der Waals surface area contributed by atoms with Crippen molar-refractivity contribution in [1.82, 2.24) is 0 Å². The number of hydrogen-bond donors (Lipinski definition) is 1. The van der Waals surface area contributed by atoms with Crippen LogP contribution in [-0.2, 0) is 23.8 Å². The van der Waals surface area contributed by atoms with E-state index in [0.717, 1.165) is 0 Å². The Bertz CT molecular complexity index is 465. The van der Waals surface area contributed by atoms with Gasteiger partial charge in [0, 0.05) is 12.8 Å². The minimum Gasteiger partial charge on any atom is -0.457 e. The number of aliphatic hydroxyl groups is 1. The van der Waals surface area contributed by atoms with Crippen LogP contribution >= 0.6 is 0 Å². The minimum absolute atomic E-state index is 0.0501. The van der Waals surface area contributed by atoms with Crippen molar-refractivity contribution in [2.75, 3.05) is 19.8 Å². The van der Waals surface area contributed by atoms with E-state index < -0.39 is 35.3 Å². The van der Waals surface area contributed by atoms with Crippen LogP contribution in [0.4, 0.5) is 0 Å². The normalized spacial score (nSPS) is 27.3. The Morgan fingerprint density at radius 2 is 2.05 bits per heavy atom. The predicted octanol–water partition coefficient (Wildman–Crippen LogP) is -0.697. The van der Waals surface area contributed by atoms with Gasteiger partial charge in [0.2, 0.25) is 0 Å². The molecule has 20 heavy (non-hydrogen) atoms. The van der Waals surface area contributed by atoms with Crippen LogP contribution in [0, 0.1) is 5.92 Å². The summed E-state index contributed by atoms with van der Waals surface area (Å²) in [6.07, 6.45) is -0.761. The maximum atomic E-state index is 12.2. The molecule has 0 radical (unpaired) electrons. The fourth-order valence-electron chi connectivity index (χ4n) is 2.58. The second kappa shape index (κ2) is 5.80. The molecule has 1 heterocycles. The van der Waals surface area contributed by atoms with Crippen LogP contribution in [0.25, 0.3) is 5.53 Å².